The molecule has 0 radical (unpaired) electrons. The Labute approximate surface area is 96.1 Å². The van der Waals surface area contributed by atoms with Crippen LogP contribution in [0.1, 0.15) is 25.3 Å². The molecule has 0 saturated heterocycles. The van der Waals surface area contributed by atoms with Crippen LogP contribution in [0, 0.1) is 11.3 Å². The lowest BCUT2D eigenvalue weighted by Crippen LogP contribution is -2.18. The monoisotopic (exact) mass is 222 g/mol. The van der Waals surface area contributed by atoms with Crippen molar-refractivity contribution in [2.24, 2.45) is 0 Å². The molecule has 0 fully saturated rings. The average molecular weight is 223 g/mol. The summed E-state index contributed by atoms with van der Waals surface area (Å²) in [6, 6.07) is 7.48. The summed E-state index contributed by atoms with van der Waals surface area (Å²) in [5.41, 5.74) is 1.59. The van der Waals surface area contributed by atoms with E-state index in [0.29, 0.717) is 10.6 Å². The molecule has 0 bridgehead atoms. The van der Waals surface area contributed by atoms with E-state index >= 15 is 0 Å². The van der Waals surface area contributed by atoms with E-state index in [0.717, 1.165) is 25.1 Å². The maximum absolute atomic E-state index is 8.71. The Balaban J connectivity index is 2.82. The highest BCUT2D eigenvalue weighted by atomic mass is 35.5. The van der Waals surface area contributed by atoms with Crippen molar-refractivity contribution in [3.05, 3.63) is 28.8 Å². The molecule has 0 aliphatic carbocycles. The fraction of sp³-hybridized carbons (Fsp3) is 0.417. The van der Waals surface area contributed by atoms with Gasteiger partial charge in [-0.3, -0.25) is 0 Å². The van der Waals surface area contributed by atoms with Crippen molar-refractivity contribution in [1.29, 1.82) is 5.26 Å². The number of hydrogen-bond acceptors (Lipinski definition) is 2. The van der Waals surface area contributed by atoms with E-state index in [1.165, 1.54) is 0 Å². The second kappa shape index (κ2) is 5.63. The molecule has 80 valence electrons. The van der Waals surface area contributed by atoms with Gasteiger partial charge in [-0.05, 0) is 24.6 Å². The number of benzene rings is 1. The maximum Gasteiger partial charge on any atom is 0.0992 e. The van der Waals surface area contributed by atoms with Gasteiger partial charge in [0, 0.05) is 13.6 Å². The van der Waals surface area contributed by atoms with Crippen LogP contribution in [0.3, 0.4) is 0 Å². The minimum atomic E-state index is 0.604. The summed E-state index contributed by atoms with van der Waals surface area (Å²) in [5, 5.41) is 9.36. The Morgan fingerprint density at radius 3 is 2.73 bits per heavy atom. The molecule has 15 heavy (non-hydrogen) atoms. The van der Waals surface area contributed by atoms with Crippen LogP contribution in [-0.4, -0.2) is 13.6 Å². The van der Waals surface area contributed by atoms with Gasteiger partial charge in [0.15, 0.2) is 0 Å². The number of rotatable bonds is 4. The Morgan fingerprint density at radius 1 is 1.47 bits per heavy atom. The first-order valence-corrected chi connectivity index (χ1v) is 5.47. The molecular weight excluding hydrogens is 208 g/mol. The van der Waals surface area contributed by atoms with Gasteiger partial charge in [-0.25, -0.2) is 0 Å². The highest BCUT2D eigenvalue weighted by Gasteiger charge is 2.05. The summed E-state index contributed by atoms with van der Waals surface area (Å²) in [7, 11) is 2.02. The molecule has 0 aliphatic rings. The van der Waals surface area contributed by atoms with E-state index in [-0.39, 0.29) is 0 Å². The number of nitrogens with zero attached hydrogens (tertiary/aromatic N) is 2. The molecule has 0 atom stereocenters. The standard InChI is InChI=1S/C12H15ClN2/c1-3-4-7-15(2)12-6-5-10(9-14)8-11(12)13/h5-6,8H,3-4,7H2,1-2H3. The van der Waals surface area contributed by atoms with Crippen molar-refractivity contribution in [1.82, 2.24) is 0 Å². The molecule has 0 N–H and O–H groups in total. The summed E-state index contributed by atoms with van der Waals surface area (Å²) in [5.74, 6) is 0. The largest absolute Gasteiger partial charge is 0.373 e. The van der Waals surface area contributed by atoms with Gasteiger partial charge in [0.1, 0.15) is 0 Å². The van der Waals surface area contributed by atoms with Crippen LogP contribution in [0.5, 0.6) is 0 Å². The molecule has 0 unspecified atom stereocenters. The van der Waals surface area contributed by atoms with Crippen LogP contribution in [-0.2, 0) is 0 Å². The lowest BCUT2D eigenvalue weighted by molar-refractivity contribution is 0.767. The summed E-state index contributed by atoms with van der Waals surface area (Å²) < 4.78 is 0. The summed E-state index contributed by atoms with van der Waals surface area (Å²) >= 11 is 6.09. The van der Waals surface area contributed by atoms with Crippen molar-refractivity contribution in [3.8, 4) is 6.07 Å². The summed E-state index contributed by atoms with van der Waals surface area (Å²) in [6.07, 6.45) is 2.31. The molecular formula is C12H15ClN2. The SMILES string of the molecule is CCCCN(C)c1ccc(C#N)cc1Cl. The van der Waals surface area contributed by atoms with Crippen LogP contribution in [0.4, 0.5) is 5.69 Å². The molecule has 0 aromatic heterocycles. The molecule has 0 spiro atoms. The molecule has 0 amide bonds. The van der Waals surface area contributed by atoms with Gasteiger partial charge in [0.25, 0.3) is 0 Å². The third-order valence-corrected chi connectivity index (χ3v) is 2.64. The minimum absolute atomic E-state index is 0.604. The predicted molar refractivity (Wildman–Crippen MR) is 64.3 cm³/mol. The Hall–Kier alpha value is -1.20. The second-order valence-corrected chi connectivity index (χ2v) is 3.96. The Morgan fingerprint density at radius 2 is 2.20 bits per heavy atom. The summed E-state index contributed by atoms with van der Waals surface area (Å²) in [4.78, 5) is 2.12. The smallest absolute Gasteiger partial charge is 0.0992 e. The van der Waals surface area contributed by atoms with E-state index in [1.807, 2.05) is 13.1 Å². The normalized spacial score (nSPS) is 9.73. The van der Waals surface area contributed by atoms with Crippen LogP contribution in [0.2, 0.25) is 5.02 Å². The summed E-state index contributed by atoms with van der Waals surface area (Å²) in [6.45, 7) is 3.15. The van der Waals surface area contributed by atoms with Crippen molar-refractivity contribution >= 4 is 17.3 Å². The van der Waals surface area contributed by atoms with Gasteiger partial charge in [-0.15, -0.1) is 0 Å². The highest BCUT2D eigenvalue weighted by molar-refractivity contribution is 6.33. The van der Waals surface area contributed by atoms with E-state index < -0.39 is 0 Å². The maximum atomic E-state index is 8.71. The number of halogens is 1. The zero-order valence-corrected chi connectivity index (χ0v) is 9.88. The molecule has 1 aromatic rings. The van der Waals surface area contributed by atoms with Crippen molar-refractivity contribution in [3.63, 3.8) is 0 Å². The van der Waals surface area contributed by atoms with Crippen LogP contribution in [0.15, 0.2) is 18.2 Å². The van der Waals surface area contributed by atoms with E-state index in [9.17, 15) is 0 Å². The number of anilines is 1. The van der Waals surface area contributed by atoms with Crippen LogP contribution >= 0.6 is 11.6 Å². The Kier molecular flexibility index (Phi) is 4.45. The quantitative estimate of drug-likeness (QED) is 0.780. The van der Waals surface area contributed by atoms with Gasteiger partial charge < -0.3 is 4.90 Å². The molecule has 3 heteroatoms. The Bertz CT molecular complexity index is 368. The van der Waals surface area contributed by atoms with Crippen molar-refractivity contribution in [2.75, 3.05) is 18.5 Å². The molecule has 2 nitrogen and oxygen atoms in total. The van der Waals surface area contributed by atoms with Crippen molar-refractivity contribution < 1.29 is 0 Å². The van der Waals surface area contributed by atoms with Gasteiger partial charge in [0.05, 0.1) is 22.3 Å². The zero-order valence-electron chi connectivity index (χ0n) is 9.13. The van der Waals surface area contributed by atoms with Crippen LogP contribution < -0.4 is 4.90 Å². The lowest BCUT2D eigenvalue weighted by atomic mass is 10.2. The fourth-order valence-corrected chi connectivity index (χ4v) is 1.73. The second-order valence-electron chi connectivity index (χ2n) is 3.55. The predicted octanol–water partition coefficient (Wildman–Crippen LogP) is 3.45. The average Bonchev–Trinajstić information content (AvgIpc) is 2.25. The first kappa shape index (κ1) is 11.9. The van der Waals surface area contributed by atoms with Gasteiger partial charge in [0.2, 0.25) is 0 Å². The van der Waals surface area contributed by atoms with Gasteiger partial charge in [-0.1, -0.05) is 24.9 Å². The van der Waals surface area contributed by atoms with Crippen molar-refractivity contribution in [2.45, 2.75) is 19.8 Å². The molecule has 1 aromatic carbocycles. The fourth-order valence-electron chi connectivity index (χ4n) is 1.40. The topological polar surface area (TPSA) is 27.0 Å². The van der Waals surface area contributed by atoms with Crippen LogP contribution in [0.25, 0.3) is 0 Å². The molecule has 1 rings (SSSR count). The van der Waals surface area contributed by atoms with E-state index in [4.69, 9.17) is 16.9 Å². The third kappa shape index (κ3) is 3.14. The van der Waals surface area contributed by atoms with Gasteiger partial charge in [-0.2, -0.15) is 5.26 Å². The third-order valence-electron chi connectivity index (χ3n) is 2.34. The molecule has 0 heterocycles. The first-order chi connectivity index (χ1) is 7.19. The van der Waals surface area contributed by atoms with Gasteiger partial charge >= 0.3 is 0 Å². The number of hydrogen-bond donors (Lipinski definition) is 0. The highest BCUT2D eigenvalue weighted by Crippen LogP contribution is 2.25. The lowest BCUT2D eigenvalue weighted by Gasteiger charge is -2.20. The molecule has 0 saturated carbocycles. The minimum Gasteiger partial charge on any atom is -0.373 e. The first-order valence-electron chi connectivity index (χ1n) is 5.09. The number of nitriles is 1. The van der Waals surface area contributed by atoms with E-state index in [1.54, 1.807) is 12.1 Å². The molecule has 0 aliphatic heterocycles. The van der Waals surface area contributed by atoms with E-state index in [2.05, 4.69) is 17.9 Å². The zero-order chi connectivity index (χ0) is 11.3. The number of unbranched alkanes of at least 4 members (excludes halogenated alkanes) is 1.